The van der Waals surface area contributed by atoms with Crippen molar-refractivity contribution in [3.8, 4) is 5.69 Å². The van der Waals surface area contributed by atoms with Crippen molar-refractivity contribution in [1.82, 2.24) is 19.7 Å². The van der Waals surface area contributed by atoms with Crippen molar-refractivity contribution in [2.75, 3.05) is 18.5 Å². The summed E-state index contributed by atoms with van der Waals surface area (Å²) in [7, 11) is 0. The standard InChI is InChI=1S/C18H20ClN5O/c1-11-16-17(20-10-15-4-3-9-25-15)21-12(2)22-18(16)24(23-11)14-7-5-13(19)6-8-14/h5-8,15H,3-4,9-10H2,1-2H3,(H,20,21,22). The summed E-state index contributed by atoms with van der Waals surface area (Å²) in [5.74, 6) is 1.52. The van der Waals surface area contributed by atoms with Crippen LogP contribution in [0.3, 0.4) is 0 Å². The molecular weight excluding hydrogens is 338 g/mol. The van der Waals surface area contributed by atoms with Gasteiger partial charge in [-0.15, -0.1) is 0 Å². The van der Waals surface area contributed by atoms with Gasteiger partial charge >= 0.3 is 0 Å². The molecule has 0 saturated carbocycles. The van der Waals surface area contributed by atoms with Gasteiger partial charge in [-0.2, -0.15) is 5.10 Å². The second-order valence-electron chi connectivity index (χ2n) is 6.31. The molecular formula is C18H20ClN5O. The lowest BCUT2D eigenvalue weighted by Crippen LogP contribution is -2.19. The SMILES string of the molecule is Cc1nc(NCC2CCCO2)c2c(C)nn(-c3ccc(Cl)cc3)c2n1. The highest BCUT2D eigenvalue weighted by Gasteiger charge is 2.19. The lowest BCUT2D eigenvalue weighted by molar-refractivity contribution is 0.120. The maximum atomic E-state index is 6.00. The third-order valence-corrected chi connectivity index (χ3v) is 4.66. The molecule has 1 aromatic carbocycles. The van der Waals surface area contributed by atoms with Gasteiger partial charge in [-0.3, -0.25) is 0 Å². The minimum atomic E-state index is 0.247. The van der Waals surface area contributed by atoms with Gasteiger partial charge in [-0.1, -0.05) is 11.6 Å². The molecule has 6 nitrogen and oxygen atoms in total. The van der Waals surface area contributed by atoms with Crippen LogP contribution in [-0.4, -0.2) is 39.0 Å². The number of rotatable bonds is 4. The Hall–Kier alpha value is -2.18. The molecule has 0 aliphatic carbocycles. The van der Waals surface area contributed by atoms with Gasteiger partial charge in [0, 0.05) is 18.2 Å². The number of ether oxygens (including phenoxy) is 1. The first-order valence-corrected chi connectivity index (χ1v) is 8.85. The smallest absolute Gasteiger partial charge is 0.168 e. The van der Waals surface area contributed by atoms with Gasteiger partial charge in [-0.05, 0) is 51.0 Å². The molecule has 7 heteroatoms. The number of anilines is 1. The van der Waals surface area contributed by atoms with Gasteiger partial charge in [0.25, 0.3) is 0 Å². The highest BCUT2D eigenvalue weighted by molar-refractivity contribution is 6.30. The number of aromatic nitrogens is 4. The fourth-order valence-corrected chi connectivity index (χ4v) is 3.32. The maximum Gasteiger partial charge on any atom is 0.168 e. The molecule has 4 rings (SSSR count). The molecule has 0 amide bonds. The van der Waals surface area contributed by atoms with E-state index in [1.807, 2.05) is 42.8 Å². The molecule has 0 bridgehead atoms. The van der Waals surface area contributed by atoms with Gasteiger partial charge in [0.1, 0.15) is 11.6 Å². The largest absolute Gasteiger partial charge is 0.376 e. The number of nitrogens with zero attached hydrogens (tertiary/aromatic N) is 4. The van der Waals surface area contributed by atoms with Gasteiger partial charge in [0.15, 0.2) is 5.65 Å². The van der Waals surface area contributed by atoms with Crippen LogP contribution in [0.2, 0.25) is 5.02 Å². The van der Waals surface area contributed by atoms with E-state index in [-0.39, 0.29) is 6.10 Å². The molecule has 1 fully saturated rings. The van der Waals surface area contributed by atoms with Crippen molar-refractivity contribution in [1.29, 1.82) is 0 Å². The lowest BCUT2D eigenvalue weighted by Gasteiger charge is -2.12. The minimum Gasteiger partial charge on any atom is -0.376 e. The summed E-state index contributed by atoms with van der Waals surface area (Å²) >= 11 is 6.00. The van der Waals surface area contributed by atoms with E-state index in [2.05, 4.69) is 20.4 Å². The first-order valence-electron chi connectivity index (χ1n) is 8.47. The molecule has 25 heavy (non-hydrogen) atoms. The van der Waals surface area contributed by atoms with Crippen LogP contribution in [0.4, 0.5) is 5.82 Å². The second kappa shape index (κ2) is 6.61. The zero-order valence-corrected chi connectivity index (χ0v) is 15.0. The Morgan fingerprint density at radius 1 is 1.24 bits per heavy atom. The molecule has 130 valence electrons. The molecule has 1 saturated heterocycles. The fraction of sp³-hybridized carbons (Fsp3) is 0.389. The summed E-state index contributed by atoms with van der Waals surface area (Å²) in [5.41, 5.74) is 2.60. The zero-order chi connectivity index (χ0) is 17.4. The molecule has 3 heterocycles. The number of benzene rings is 1. The number of aryl methyl sites for hydroxylation is 2. The highest BCUT2D eigenvalue weighted by Crippen LogP contribution is 2.27. The van der Waals surface area contributed by atoms with Gasteiger partial charge < -0.3 is 10.1 Å². The van der Waals surface area contributed by atoms with Crippen molar-refractivity contribution >= 4 is 28.5 Å². The first kappa shape index (κ1) is 16.3. The number of fused-ring (bicyclic) bond motifs is 1. The lowest BCUT2D eigenvalue weighted by atomic mass is 10.2. The Morgan fingerprint density at radius 2 is 2.04 bits per heavy atom. The third kappa shape index (κ3) is 3.19. The number of halogens is 1. The normalized spacial score (nSPS) is 17.3. The van der Waals surface area contributed by atoms with Crippen LogP contribution in [-0.2, 0) is 4.74 Å². The van der Waals surface area contributed by atoms with Crippen molar-refractivity contribution in [3.05, 3.63) is 40.8 Å². The number of hydrogen-bond donors (Lipinski definition) is 1. The van der Waals surface area contributed by atoms with E-state index < -0.39 is 0 Å². The van der Waals surface area contributed by atoms with E-state index in [9.17, 15) is 0 Å². The van der Waals surface area contributed by atoms with Crippen LogP contribution in [0, 0.1) is 13.8 Å². The Bertz CT molecular complexity index is 900. The van der Waals surface area contributed by atoms with Crippen molar-refractivity contribution in [2.45, 2.75) is 32.8 Å². The quantitative estimate of drug-likeness (QED) is 0.771. The molecule has 2 aromatic heterocycles. The van der Waals surface area contributed by atoms with Crippen LogP contribution in [0.5, 0.6) is 0 Å². The molecule has 1 aliphatic heterocycles. The summed E-state index contributed by atoms with van der Waals surface area (Å²) in [4.78, 5) is 9.21. The molecule has 3 aromatic rings. The van der Waals surface area contributed by atoms with Crippen LogP contribution >= 0.6 is 11.6 Å². The van der Waals surface area contributed by atoms with Gasteiger partial charge in [0.05, 0.1) is 22.9 Å². The van der Waals surface area contributed by atoms with Crippen LogP contribution < -0.4 is 5.32 Å². The first-order chi connectivity index (χ1) is 12.1. The maximum absolute atomic E-state index is 6.00. The van der Waals surface area contributed by atoms with Crippen LogP contribution in [0.15, 0.2) is 24.3 Å². The van der Waals surface area contributed by atoms with E-state index >= 15 is 0 Å². The average molecular weight is 358 g/mol. The number of nitrogens with one attached hydrogen (secondary N) is 1. The van der Waals surface area contributed by atoms with E-state index in [4.69, 9.17) is 16.3 Å². The molecule has 1 unspecified atom stereocenters. The minimum absolute atomic E-state index is 0.247. The predicted octanol–water partition coefficient (Wildman–Crippen LogP) is 3.68. The van der Waals surface area contributed by atoms with E-state index in [0.717, 1.165) is 54.2 Å². The molecule has 0 spiro atoms. The van der Waals surface area contributed by atoms with Crippen LogP contribution in [0.25, 0.3) is 16.7 Å². The molecule has 1 atom stereocenters. The third-order valence-electron chi connectivity index (χ3n) is 4.41. The summed E-state index contributed by atoms with van der Waals surface area (Å²) in [6.07, 6.45) is 2.46. The van der Waals surface area contributed by atoms with E-state index in [0.29, 0.717) is 10.8 Å². The second-order valence-corrected chi connectivity index (χ2v) is 6.74. The monoisotopic (exact) mass is 357 g/mol. The van der Waals surface area contributed by atoms with Crippen molar-refractivity contribution < 1.29 is 4.74 Å². The Labute approximate surface area is 151 Å². The summed E-state index contributed by atoms with van der Waals surface area (Å²) in [5, 5.41) is 9.74. The summed E-state index contributed by atoms with van der Waals surface area (Å²) < 4.78 is 7.53. The topological polar surface area (TPSA) is 64.9 Å². The molecule has 1 aliphatic rings. The number of hydrogen-bond acceptors (Lipinski definition) is 5. The summed E-state index contributed by atoms with van der Waals surface area (Å²) in [6.45, 7) is 5.46. The predicted molar refractivity (Wildman–Crippen MR) is 98.6 cm³/mol. The zero-order valence-electron chi connectivity index (χ0n) is 14.3. The summed E-state index contributed by atoms with van der Waals surface area (Å²) in [6, 6.07) is 7.57. The Morgan fingerprint density at radius 3 is 2.76 bits per heavy atom. The fourth-order valence-electron chi connectivity index (χ4n) is 3.20. The highest BCUT2D eigenvalue weighted by atomic mass is 35.5. The average Bonchev–Trinajstić information content (AvgIpc) is 3.22. The van der Waals surface area contributed by atoms with E-state index in [1.165, 1.54) is 0 Å². The van der Waals surface area contributed by atoms with Crippen molar-refractivity contribution in [2.24, 2.45) is 0 Å². The Balaban J connectivity index is 1.75. The van der Waals surface area contributed by atoms with Crippen molar-refractivity contribution in [3.63, 3.8) is 0 Å². The van der Waals surface area contributed by atoms with E-state index in [1.54, 1.807) is 0 Å². The Kier molecular flexibility index (Phi) is 4.31. The van der Waals surface area contributed by atoms with Gasteiger partial charge in [0.2, 0.25) is 0 Å². The van der Waals surface area contributed by atoms with Gasteiger partial charge in [-0.25, -0.2) is 14.6 Å². The van der Waals surface area contributed by atoms with Crippen LogP contribution in [0.1, 0.15) is 24.4 Å². The molecule has 0 radical (unpaired) electrons. The molecule has 1 N–H and O–H groups in total.